The minimum absolute atomic E-state index is 0.822. The first-order valence-corrected chi connectivity index (χ1v) is 9.05. The van der Waals surface area contributed by atoms with Crippen molar-refractivity contribution in [2.75, 3.05) is 0 Å². The van der Waals surface area contributed by atoms with Gasteiger partial charge in [0.2, 0.25) is 0 Å². The van der Waals surface area contributed by atoms with Gasteiger partial charge in [0.05, 0.1) is 5.57 Å². The average molecular weight is 348 g/mol. The zero-order valence-electron chi connectivity index (χ0n) is 15.2. The largest absolute Gasteiger partial charge is 0.461 e. The molecule has 0 amide bonds. The van der Waals surface area contributed by atoms with Crippen molar-refractivity contribution >= 4 is 11.1 Å². The Morgan fingerprint density at radius 3 is 1.41 bits per heavy atom. The molecule has 0 bridgehead atoms. The zero-order valence-corrected chi connectivity index (χ0v) is 15.2. The lowest BCUT2D eigenvalue weighted by Crippen LogP contribution is -1.89. The molecule has 0 aliphatic carbocycles. The van der Waals surface area contributed by atoms with Crippen molar-refractivity contribution in [1.29, 1.82) is 0 Å². The van der Waals surface area contributed by atoms with Crippen LogP contribution in [-0.4, -0.2) is 0 Å². The summed E-state index contributed by atoms with van der Waals surface area (Å²) in [5.41, 5.74) is 9.00. The van der Waals surface area contributed by atoms with Crippen LogP contribution in [-0.2, 0) is 0 Å². The van der Waals surface area contributed by atoms with E-state index in [9.17, 15) is 0 Å². The van der Waals surface area contributed by atoms with Gasteiger partial charge in [-0.15, -0.1) is 0 Å². The Bertz CT molecular complexity index is 1040. The highest BCUT2D eigenvalue weighted by molar-refractivity contribution is 5.87. The van der Waals surface area contributed by atoms with E-state index in [1.807, 2.05) is 49.4 Å². The van der Waals surface area contributed by atoms with Gasteiger partial charge in [-0.1, -0.05) is 96.7 Å². The van der Waals surface area contributed by atoms with Gasteiger partial charge in [0.15, 0.2) is 0 Å². The topological polar surface area (TPSA) is 13.1 Å². The third-order valence-corrected chi connectivity index (χ3v) is 4.42. The lowest BCUT2D eigenvalue weighted by atomic mass is 9.96. The summed E-state index contributed by atoms with van der Waals surface area (Å²) in [4.78, 5) is 0. The maximum Gasteiger partial charge on any atom is 0.142 e. The van der Waals surface area contributed by atoms with Crippen LogP contribution in [0.5, 0.6) is 0 Å². The van der Waals surface area contributed by atoms with Crippen LogP contribution in [0.4, 0.5) is 0 Å². The monoisotopic (exact) mass is 348 g/mol. The lowest BCUT2D eigenvalue weighted by molar-refractivity contribution is 0.522. The zero-order chi connectivity index (χ0) is 18.5. The summed E-state index contributed by atoms with van der Waals surface area (Å²) >= 11 is 0. The van der Waals surface area contributed by atoms with Crippen LogP contribution < -0.4 is 0 Å². The fourth-order valence-electron chi connectivity index (χ4n) is 3.10. The van der Waals surface area contributed by atoms with E-state index in [0.29, 0.717) is 0 Å². The van der Waals surface area contributed by atoms with Gasteiger partial charge in [0.25, 0.3) is 0 Å². The molecule has 0 atom stereocenters. The molecule has 0 unspecified atom stereocenters. The van der Waals surface area contributed by atoms with E-state index < -0.39 is 0 Å². The Hall–Kier alpha value is -3.54. The maximum atomic E-state index is 5.96. The van der Waals surface area contributed by atoms with Crippen molar-refractivity contribution < 1.29 is 4.42 Å². The van der Waals surface area contributed by atoms with Crippen molar-refractivity contribution in [2.24, 2.45) is 0 Å². The van der Waals surface area contributed by atoms with Gasteiger partial charge in [-0.3, -0.25) is 0 Å². The summed E-state index contributed by atoms with van der Waals surface area (Å²) in [7, 11) is 0. The van der Waals surface area contributed by atoms with E-state index in [2.05, 4.69) is 66.4 Å². The summed E-state index contributed by atoms with van der Waals surface area (Å²) in [6.45, 7) is 1.96. The van der Waals surface area contributed by atoms with E-state index in [0.717, 1.165) is 39.4 Å². The molecule has 0 saturated carbocycles. The van der Waals surface area contributed by atoms with Crippen LogP contribution in [0.2, 0.25) is 0 Å². The molecule has 1 heterocycles. The molecule has 0 aliphatic heterocycles. The summed E-state index contributed by atoms with van der Waals surface area (Å²) in [5, 5.41) is 0. The molecule has 0 radical (unpaired) electrons. The lowest BCUT2D eigenvalue weighted by Gasteiger charge is -2.08. The molecule has 0 aliphatic rings. The first kappa shape index (κ1) is 16.9. The normalized spacial score (nSPS) is 10.3. The third kappa shape index (κ3) is 3.84. The molecule has 130 valence electrons. The van der Waals surface area contributed by atoms with Gasteiger partial charge < -0.3 is 4.42 Å². The summed E-state index contributed by atoms with van der Waals surface area (Å²) in [5.74, 6) is 1.71. The standard InChI is InChI=1S/C26H20O/c1-20-17-18-26(27-20)25(23-15-9-4-10-16-23)19-24(21-11-5-2-6-12-21)22-13-7-3-8-14-22/h2-18H,1H3. The van der Waals surface area contributed by atoms with Gasteiger partial charge in [0, 0.05) is 5.57 Å². The fourth-order valence-corrected chi connectivity index (χ4v) is 3.10. The van der Waals surface area contributed by atoms with Crippen LogP contribution in [0.25, 0.3) is 11.1 Å². The Balaban J connectivity index is 2.04. The highest BCUT2D eigenvalue weighted by Crippen LogP contribution is 2.29. The van der Waals surface area contributed by atoms with E-state index in [-0.39, 0.29) is 0 Å². The molecule has 4 rings (SSSR count). The second-order valence-corrected chi connectivity index (χ2v) is 6.38. The first-order valence-electron chi connectivity index (χ1n) is 9.05. The first-order chi connectivity index (χ1) is 13.3. The number of rotatable bonds is 4. The number of hydrogen-bond donors (Lipinski definition) is 0. The van der Waals surface area contributed by atoms with Crippen LogP contribution in [0.15, 0.2) is 113 Å². The Morgan fingerprint density at radius 1 is 0.556 bits per heavy atom. The fraction of sp³-hybridized carbons (Fsp3) is 0.0385. The molecule has 1 nitrogen and oxygen atoms in total. The molecule has 27 heavy (non-hydrogen) atoms. The summed E-state index contributed by atoms with van der Waals surface area (Å²) < 4.78 is 5.96. The minimum Gasteiger partial charge on any atom is -0.461 e. The van der Waals surface area contributed by atoms with Gasteiger partial charge in [0.1, 0.15) is 11.5 Å². The van der Waals surface area contributed by atoms with Crippen molar-refractivity contribution in [3.63, 3.8) is 0 Å². The van der Waals surface area contributed by atoms with E-state index in [4.69, 9.17) is 4.42 Å². The Kier molecular flexibility index (Phi) is 4.87. The predicted octanol–water partition coefficient (Wildman–Crippen LogP) is 6.75. The van der Waals surface area contributed by atoms with Gasteiger partial charge >= 0.3 is 0 Å². The molecule has 4 aromatic rings. The molecule has 0 spiro atoms. The second kappa shape index (κ2) is 7.78. The number of aryl methyl sites for hydroxylation is 1. The third-order valence-electron chi connectivity index (χ3n) is 4.42. The smallest absolute Gasteiger partial charge is 0.142 e. The van der Waals surface area contributed by atoms with E-state index in [1.54, 1.807) is 0 Å². The Labute approximate surface area is 159 Å². The average Bonchev–Trinajstić information content (AvgIpc) is 3.17. The molecule has 0 fully saturated rings. The van der Waals surface area contributed by atoms with Crippen molar-refractivity contribution in [2.45, 2.75) is 6.92 Å². The van der Waals surface area contributed by atoms with Crippen molar-refractivity contribution in [1.82, 2.24) is 0 Å². The number of hydrogen-bond acceptors (Lipinski definition) is 1. The van der Waals surface area contributed by atoms with Crippen molar-refractivity contribution in [3.05, 3.63) is 137 Å². The van der Waals surface area contributed by atoms with E-state index >= 15 is 0 Å². The highest BCUT2D eigenvalue weighted by Gasteiger charge is 2.11. The number of furan rings is 1. The molecule has 3 aromatic carbocycles. The molecule has 1 aromatic heterocycles. The second-order valence-electron chi connectivity index (χ2n) is 6.38. The highest BCUT2D eigenvalue weighted by atomic mass is 16.3. The summed E-state index contributed by atoms with van der Waals surface area (Å²) in [6, 6.07) is 35.0. The molecular formula is C26H20O. The SMILES string of the molecule is Cc1ccc(C(=C=C(c2ccccc2)c2ccccc2)c2ccccc2)o1. The number of benzene rings is 3. The minimum atomic E-state index is 0.822. The quantitative estimate of drug-likeness (QED) is 0.372. The molecular weight excluding hydrogens is 328 g/mol. The maximum absolute atomic E-state index is 5.96. The molecule has 0 saturated heterocycles. The van der Waals surface area contributed by atoms with Crippen LogP contribution in [0.1, 0.15) is 28.2 Å². The molecule has 0 N–H and O–H groups in total. The molecule has 1 heteroatoms. The Morgan fingerprint density at radius 2 is 1.00 bits per heavy atom. The van der Waals surface area contributed by atoms with Gasteiger partial charge in [-0.25, -0.2) is 0 Å². The predicted molar refractivity (Wildman–Crippen MR) is 111 cm³/mol. The van der Waals surface area contributed by atoms with Gasteiger partial charge in [-0.05, 0) is 35.7 Å². The van der Waals surface area contributed by atoms with Crippen LogP contribution in [0, 0.1) is 6.92 Å². The van der Waals surface area contributed by atoms with Crippen LogP contribution >= 0.6 is 0 Å². The van der Waals surface area contributed by atoms with Crippen molar-refractivity contribution in [3.8, 4) is 0 Å². The summed E-state index contributed by atoms with van der Waals surface area (Å²) in [6.07, 6.45) is 0. The van der Waals surface area contributed by atoms with Crippen LogP contribution in [0.3, 0.4) is 0 Å². The van der Waals surface area contributed by atoms with E-state index in [1.165, 1.54) is 0 Å². The van der Waals surface area contributed by atoms with Gasteiger partial charge in [-0.2, -0.15) is 0 Å².